The fourth-order valence-corrected chi connectivity index (χ4v) is 10.0. The molecule has 3 fully saturated rings. The van der Waals surface area contributed by atoms with Gasteiger partial charge in [0.2, 0.25) is 0 Å². The van der Waals surface area contributed by atoms with Gasteiger partial charge in [-0.1, -0.05) is 83.6 Å². The molecule has 1 saturated carbocycles. The third kappa shape index (κ3) is 13.8. The highest BCUT2D eigenvalue weighted by atomic mass is 19.2. The van der Waals surface area contributed by atoms with Crippen LogP contribution in [0.4, 0.5) is 4.39 Å². The Balaban J connectivity index is 1.69. The highest BCUT2D eigenvalue weighted by Crippen LogP contribution is 2.40. The number of hydrogen-bond donors (Lipinski definition) is 2. The number of alkyl halides is 1. The quantitative estimate of drug-likeness (QED) is 0.157. The van der Waals surface area contributed by atoms with E-state index in [1.165, 1.54) is 7.11 Å². The van der Waals surface area contributed by atoms with E-state index in [9.17, 15) is 34.2 Å². The monoisotopic (exact) mass is 900 g/mol. The van der Waals surface area contributed by atoms with Crippen molar-refractivity contribution in [2.75, 3.05) is 20.8 Å². The van der Waals surface area contributed by atoms with Gasteiger partial charge in [-0.2, -0.15) is 0 Å². The Morgan fingerprint density at radius 1 is 0.859 bits per heavy atom. The summed E-state index contributed by atoms with van der Waals surface area (Å²) in [4.78, 5) is 71.3. The number of fused-ring (bicyclic) bond motifs is 3. The number of esters is 1. The standard InChI is InChI=1S/C51H78FNO11/c1-30-16-12-11-13-17-31(2)32(3)27-39-21-19-37(8)51(52,64-39)48(58)49(59)53-23-15-14-18-40(53)50(60)63-43(34(5)26-38-20-22-41(54)44(28-38)61-9)29-42(55)33(4)25-36(7)46(57)47(62-10)45(56)35(6)24-30/h11-13,16-17,25,30,32-35,37-41,43-44,46-47,54,57H,14-15,18-24,26-29H2,1-10H3/b13-11+,16-12+,31-17+,36-25+/t30-,32+,33-,34-,35-,37-,38+,39+,40+,41-,43+,44-,46-,47?,51-/m1/s1. The number of carbonyl (C=O) groups excluding carboxylic acids is 5. The van der Waals surface area contributed by atoms with Gasteiger partial charge in [-0.05, 0) is 114 Å². The average Bonchev–Trinajstić information content (AvgIpc) is 3.26. The maximum Gasteiger partial charge on any atom is 0.329 e. The highest BCUT2D eigenvalue weighted by molar-refractivity contribution is 6.39. The van der Waals surface area contributed by atoms with Crippen LogP contribution >= 0.6 is 0 Å². The van der Waals surface area contributed by atoms with Crippen LogP contribution in [-0.4, -0.2) is 114 Å². The van der Waals surface area contributed by atoms with E-state index in [4.69, 9.17) is 18.9 Å². The number of amides is 1. The minimum Gasteiger partial charge on any atom is -0.460 e. The third-order valence-electron chi connectivity index (χ3n) is 14.5. The van der Waals surface area contributed by atoms with Crippen LogP contribution < -0.4 is 0 Å². The van der Waals surface area contributed by atoms with Gasteiger partial charge in [0.15, 0.2) is 5.78 Å². The molecule has 3 aliphatic heterocycles. The maximum atomic E-state index is 17.0. The van der Waals surface area contributed by atoms with Gasteiger partial charge < -0.3 is 34.1 Å². The van der Waals surface area contributed by atoms with E-state index in [0.29, 0.717) is 63.4 Å². The number of hydrogen-bond acceptors (Lipinski definition) is 11. The SMILES string of the molecule is COC1C(=O)[C@H](C)C[C@H](C)/C=C/C=C/C=C(\C)[C@@H](C)C[C@@H]2CC[C@@H](C)[C@@](F)(O2)C(=O)C(=O)N2CCCC[C@H]2C(=O)O[C@H]([C@H](C)C[C@@H]2CC[C@@H](O)[C@H](OC)C2)CC(=O)[C@H](C)/C=C(\C)[C@H]1O. The van der Waals surface area contributed by atoms with E-state index < -0.39 is 77.8 Å². The highest BCUT2D eigenvalue weighted by Gasteiger charge is 2.54. The molecular weight excluding hydrogens is 822 g/mol. The number of ketones is 3. The predicted molar refractivity (Wildman–Crippen MR) is 242 cm³/mol. The molecule has 1 unspecified atom stereocenters. The molecule has 1 aliphatic carbocycles. The second kappa shape index (κ2) is 24.4. The molecule has 0 aromatic carbocycles. The summed E-state index contributed by atoms with van der Waals surface area (Å²) >= 11 is 0. The second-order valence-electron chi connectivity index (χ2n) is 19.7. The third-order valence-corrected chi connectivity index (χ3v) is 14.5. The van der Waals surface area contributed by atoms with Crippen LogP contribution in [0.3, 0.4) is 0 Å². The first kappa shape index (κ1) is 53.3. The van der Waals surface area contributed by atoms with Crippen LogP contribution in [0.1, 0.15) is 132 Å². The first-order valence-electron chi connectivity index (χ1n) is 23.8. The first-order valence-corrected chi connectivity index (χ1v) is 23.8. The zero-order valence-electron chi connectivity index (χ0n) is 40.1. The molecule has 4 aliphatic rings. The number of aliphatic hydroxyl groups is 2. The Hall–Kier alpha value is -3.36. The van der Waals surface area contributed by atoms with Crippen LogP contribution in [0.15, 0.2) is 47.6 Å². The van der Waals surface area contributed by atoms with Crippen LogP contribution in [0.25, 0.3) is 0 Å². The lowest BCUT2D eigenvalue weighted by Crippen LogP contribution is -2.59. The Bertz CT molecular complexity index is 1740. The average molecular weight is 900 g/mol. The minimum absolute atomic E-state index is 0.0240. The lowest BCUT2D eigenvalue weighted by molar-refractivity contribution is -0.230. The number of halogens is 1. The van der Waals surface area contributed by atoms with Crippen LogP contribution in [0.5, 0.6) is 0 Å². The van der Waals surface area contributed by atoms with E-state index in [-0.39, 0.29) is 60.7 Å². The summed E-state index contributed by atoms with van der Waals surface area (Å²) in [5.41, 5.74) is 1.41. The number of rotatable bonds is 5. The molecule has 2 bridgehead atoms. The van der Waals surface area contributed by atoms with E-state index in [0.717, 1.165) is 16.9 Å². The molecule has 15 atom stereocenters. The van der Waals surface area contributed by atoms with Gasteiger partial charge in [0, 0.05) is 44.9 Å². The maximum absolute atomic E-state index is 17.0. The molecule has 4 rings (SSSR count). The van der Waals surface area contributed by atoms with Gasteiger partial charge in [0.05, 0.1) is 18.3 Å². The van der Waals surface area contributed by atoms with Gasteiger partial charge in [-0.15, -0.1) is 0 Å². The Morgan fingerprint density at radius 2 is 1.58 bits per heavy atom. The number of Topliss-reactive ketones (excluding diaryl/α,β-unsaturated/α-hetero) is 3. The molecule has 13 heteroatoms. The zero-order valence-corrected chi connectivity index (χ0v) is 40.1. The van der Waals surface area contributed by atoms with Gasteiger partial charge in [-0.25, -0.2) is 9.18 Å². The van der Waals surface area contributed by atoms with Crippen molar-refractivity contribution in [1.29, 1.82) is 0 Å². The van der Waals surface area contributed by atoms with E-state index in [2.05, 4.69) is 0 Å². The number of piperidine rings is 1. The zero-order chi connectivity index (χ0) is 47.5. The summed E-state index contributed by atoms with van der Waals surface area (Å²) in [6, 6.07) is -1.17. The summed E-state index contributed by atoms with van der Waals surface area (Å²) in [6.45, 7) is 14.7. The first-order chi connectivity index (χ1) is 30.2. The number of allylic oxidation sites excluding steroid dienone is 7. The molecule has 2 saturated heterocycles. The smallest absolute Gasteiger partial charge is 0.329 e. The van der Waals surface area contributed by atoms with Crippen molar-refractivity contribution in [1.82, 2.24) is 4.90 Å². The topological polar surface area (TPSA) is 166 Å². The van der Waals surface area contributed by atoms with Crippen molar-refractivity contribution in [2.45, 2.75) is 181 Å². The number of methoxy groups -OCH3 is 2. The normalized spacial score (nSPS) is 40.9. The van der Waals surface area contributed by atoms with E-state index in [1.54, 1.807) is 34.0 Å². The van der Waals surface area contributed by atoms with E-state index in [1.807, 2.05) is 65.0 Å². The molecule has 0 radical (unpaired) electrons. The number of cyclic esters (lactones) is 1. The predicted octanol–water partition coefficient (Wildman–Crippen LogP) is 7.78. The molecule has 12 nitrogen and oxygen atoms in total. The lowest BCUT2D eigenvalue weighted by Gasteiger charge is -2.41. The van der Waals surface area contributed by atoms with Crippen molar-refractivity contribution in [3.05, 3.63) is 47.6 Å². The molecule has 2 N–H and O–H groups in total. The molecular formula is C51H78FNO11. The fraction of sp³-hybridized carbons (Fsp3) is 0.745. The molecule has 0 spiro atoms. The number of nitrogens with zero attached hydrogens (tertiary/aromatic N) is 1. The Labute approximate surface area is 381 Å². The van der Waals surface area contributed by atoms with Gasteiger partial charge in [-0.3, -0.25) is 19.2 Å². The molecule has 0 aromatic heterocycles. The molecule has 64 heavy (non-hydrogen) atoms. The van der Waals surface area contributed by atoms with Crippen molar-refractivity contribution in [3.8, 4) is 0 Å². The Morgan fingerprint density at radius 3 is 2.27 bits per heavy atom. The fourth-order valence-electron chi connectivity index (χ4n) is 10.0. The van der Waals surface area contributed by atoms with Crippen molar-refractivity contribution >= 4 is 29.2 Å². The summed E-state index contributed by atoms with van der Waals surface area (Å²) in [5, 5.41) is 21.9. The van der Waals surface area contributed by atoms with Crippen LogP contribution in [0, 0.1) is 41.4 Å². The van der Waals surface area contributed by atoms with Gasteiger partial charge in [0.25, 0.3) is 17.5 Å². The van der Waals surface area contributed by atoms with E-state index >= 15 is 4.39 Å². The van der Waals surface area contributed by atoms with Crippen molar-refractivity contribution in [3.63, 3.8) is 0 Å². The molecule has 1 amide bonds. The largest absolute Gasteiger partial charge is 0.460 e. The van der Waals surface area contributed by atoms with Crippen LogP contribution in [0.2, 0.25) is 0 Å². The summed E-state index contributed by atoms with van der Waals surface area (Å²) in [7, 11) is 2.94. The molecule has 0 aromatic rings. The van der Waals surface area contributed by atoms with Crippen LogP contribution in [-0.2, 0) is 42.9 Å². The Kier molecular flexibility index (Phi) is 20.3. The number of carbonyl (C=O) groups is 5. The summed E-state index contributed by atoms with van der Waals surface area (Å²) in [5.74, 6) is -8.92. The van der Waals surface area contributed by atoms with Gasteiger partial charge in [0.1, 0.15) is 30.1 Å². The summed E-state index contributed by atoms with van der Waals surface area (Å²) in [6.07, 6.45) is 11.7. The van der Waals surface area contributed by atoms with Gasteiger partial charge >= 0.3 is 5.97 Å². The number of aliphatic hydroxyl groups excluding tert-OH is 2. The molecule has 3 heterocycles. The summed E-state index contributed by atoms with van der Waals surface area (Å²) < 4.78 is 40.3. The minimum atomic E-state index is -2.87. The lowest BCUT2D eigenvalue weighted by atomic mass is 9.78. The second-order valence-corrected chi connectivity index (χ2v) is 19.7. The number of ether oxygens (including phenoxy) is 4. The van der Waals surface area contributed by atoms with Crippen molar-refractivity contribution in [2.24, 2.45) is 41.4 Å². The van der Waals surface area contributed by atoms with Crippen molar-refractivity contribution < 1.29 is 57.5 Å². The molecule has 360 valence electrons.